The van der Waals surface area contributed by atoms with E-state index in [-0.39, 0.29) is 18.0 Å². The molecule has 2 aromatic heterocycles. The van der Waals surface area contributed by atoms with Crippen LogP contribution in [-0.2, 0) is 24.1 Å². The average molecular weight is 411 g/mol. The SMILES string of the molecule is Cc1c(CCC(=O)NCCCN(C)C)c(=O)oc2cc3oc4c(c3cc12)CCCC4. The molecule has 1 aliphatic rings. The number of furan rings is 1. The van der Waals surface area contributed by atoms with Gasteiger partial charge in [0.1, 0.15) is 16.9 Å². The van der Waals surface area contributed by atoms with Crippen molar-refractivity contribution in [3.8, 4) is 0 Å². The predicted octanol–water partition coefficient (Wildman–Crippen LogP) is 3.73. The van der Waals surface area contributed by atoms with Crippen LogP contribution in [0.2, 0.25) is 0 Å². The smallest absolute Gasteiger partial charge is 0.339 e. The summed E-state index contributed by atoms with van der Waals surface area (Å²) in [5.74, 6) is 1.03. The summed E-state index contributed by atoms with van der Waals surface area (Å²) in [6.45, 7) is 3.52. The minimum atomic E-state index is -0.365. The van der Waals surface area contributed by atoms with Crippen LogP contribution in [0.15, 0.2) is 25.8 Å². The lowest BCUT2D eigenvalue weighted by Crippen LogP contribution is -2.27. The van der Waals surface area contributed by atoms with Gasteiger partial charge in [0, 0.05) is 47.4 Å². The molecule has 1 aromatic carbocycles. The van der Waals surface area contributed by atoms with Gasteiger partial charge in [-0.25, -0.2) is 4.79 Å². The zero-order valence-corrected chi connectivity index (χ0v) is 18.1. The Balaban J connectivity index is 1.56. The van der Waals surface area contributed by atoms with E-state index < -0.39 is 0 Å². The standard InChI is InChI=1S/C24H30N2O4/c1-15-16(9-10-23(27)25-11-6-12-26(2)3)24(28)30-21-14-22-19(13-18(15)21)17-7-4-5-8-20(17)29-22/h13-14H,4-12H2,1-3H3,(H,25,27). The third kappa shape index (κ3) is 4.15. The number of hydrogen-bond acceptors (Lipinski definition) is 5. The summed E-state index contributed by atoms with van der Waals surface area (Å²) >= 11 is 0. The van der Waals surface area contributed by atoms with Crippen LogP contribution in [0.1, 0.15) is 48.1 Å². The van der Waals surface area contributed by atoms with Gasteiger partial charge in [-0.2, -0.15) is 0 Å². The maximum Gasteiger partial charge on any atom is 0.339 e. The first-order chi connectivity index (χ1) is 14.4. The molecule has 3 aromatic rings. The second-order valence-electron chi connectivity index (χ2n) is 8.56. The molecule has 0 aliphatic heterocycles. The highest BCUT2D eigenvalue weighted by Crippen LogP contribution is 2.35. The fourth-order valence-electron chi connectivity index (χ4n) is 4.38. The van der Waals surface area contributed by atoms with Crippen molar-refractivity contribution in [2.75, 3.05) is 27.2 Å². The van der Waals surface area contributed by atoms with Gasteiger partial charge in [-0.1, -0.05) is 0 Å². The topological polar surface area (TPSA) is 75.7 Å². The largest absolute Gasteiger partial charge is 0.461 e. The molecule has 1 N–H and O–H groups in total. The lowest BCUT2D eigenvalue weighted by atomic mass is 9.94. The molecule has 1 amide bonds. The van der Waals surface area contributed by atoms with Crippen molar-refractivity contribution in [2.24, 2.45) is 0 Å². The van der Waals surface area contributed by atoms with E-state index in [1.54, 1.807) is 0 Å². The van der Waals surface area contributed by atoms with Crippen LogP contribution in [0.4, 0.5) is 0 Å². The van der Waals surface area contributed by atoms with Crippen molar-refractivity contribution < 1.29 is 13.6 Å². The molecule has 0 radical (unpaired) electrons. The van der Waals surface area contributed by atoms with E-state index in [0.29, 0.717) is 24.1 Å². The molecule has 2 heterocycles. The Labute approximate surface area is 176 Å². The van der Waals surface area contributed by atoms with Gasteiger partial charge >= 0.3 is 5.63 Å². The number of benzene rings is 1. The second kappa shape index (κ2) is 8.64. The molecule has 0 unspecified atom stereocenters. The van der Waals surface area contributed by atoms with Gasteiger partial charge in [0.15, 0.2) is 0 Å². The molecule has 30 heavy (non-hydrogen) atoms. The third-order valence-corrected chi connectivity index (χ3v) is 6.07. The van der Waals surface area contributed by atoms with Crippen molar-refractivity contribution >= 4 is 27.8 Å². The first-order valence-corrected chi connectivity index (χ1v) is 10.9. The fraction of sp³-hybridized carbons (Fsp3) is 0.500. The molecule has 160 valence electrons. The van der Waals surface area contributed by atoms with Crippen LogP contribution in [0.3, 0.4) is 0 Å². The molecule has 0 atom stereocenters. The van der Waals surface area contributed by atoms with E-state index in [1.165, 1.54) is 12.0 Å². The number of rotatable bonds is 7. The number of nitrogens with zero attached hydrogens (tertiary/aromatic N) is 1. The van der Waals surface area contributed by atoms with Crippen LogP contribution in [-0.4, -0.2) is 38.0 Å². The normalized spacial score (nSPS) is 13.9. The van der Waals surface area contributed by atoms with Crippen LogP contribution >= 0.6 is 0 Å². The monoisotopic (exact) mass is 410 g/mol. The van der Waals surface area contributed by atoms with Crippen molar-refractivity contribution in [3.05, 3.63) is 45.0 Å². The summed E-state index contributed by atoms with van der Waals surface area (Å²) in [5, 5.41) is 4.98. The predicted molar refractivity (Wildman–Crippen MR) is 118 cm³/mol. The number of amides is 1. The highest BCUT2D eigenvalue weighted by Gasteiger charge is 2.20. The van der Waals surface area contributed by atoms with E-state index in [2.05, 4.69) is 16.3 Å². The summed E-state index contributed by atoms with van der Waals surface area (Å²) in [6, 6.07) is 3.94. The molecule has 6 nitrogen and oxygen atoms in total. The van der Waals surface area contributed by atoms with Crippen molar-refractivity contribution in [1.82, 2.24) is 10.2 Å². The zero-order valence-electron chi connectivity index (χ0n) is 18.1. The molecule has 0 fully saturated rings. The van der Waals surface area contributed by atoms with Crippen molar-refractivity contribution in [1.29, 1.82) is 0 Å². The summed E-state index contributed by atoms with van der Waals surface area (Å²) in [5.41, 5.74) is 3.75. The lowest BCUT2D eigenvalue weighted by Gasteiger charge is -2.11. The molecule has 0 saturated heterocycles. The number of hydrogen-bond donors (Lipinski definition) is 1. The van der Waals surface area contributed by atoms with Gasteiger partial charge in [0.05, 0.1) is 0 Å². The van der Waals surface area contributed by atoms with Crippen LogP contribution < -0.4 is 10.9 Å². The molecule has 6 heteroatoms. The molecule has 1 aliphatic carbocycles. The lowest BCUT2D eigenvalue weighted by molar-refractivity contribution is -0.121. The Morgan fingerprint density at radius 3 is 2.67 bits per heavy atom. The first kappa shape index (κ1) is 20.7. The number of aryl methyl sites for hydroxylation is 3. The zero-order chi connectivity index (χ0) is 21.3. The second-order valence-corrected chi connectivity index (χ2v) is 8.56. The van der Waals surface area contributed by atoms with Gasteiger partial charge in [-0.05, 0) is 71.3 Å². The minimum absolute atomic E-state index is 0.0352. The number of nitrogens with one attached hydrogen (secondary N) is 1. The highest BCUT2D eigenvalue weighted by molar-refractivity contribution is 5.97. The van der Waals surface area contributed by atoms with Gasteiger partial charge < -0.3 is 19.1 Å². The van der Waals surface area contributed by atoms with E-state index >= 15 is 0 Å². The Morgan fingerprint density at radius 2 is 1.87 bits per heavy atom. The molecule has 0 bridgehead atoms. The Bertz CT molecular complexity index is 1140. The number of fused-ring (bicyclic) bond motifs is 4. The molecule has 0 saturated carbocycles. The summed E-state index contributed by atoms with van der Waals surface area (Å²) in [6.07, 6.45) is 5.90. The van der Waals surface area contributed by atoms with Crippen LogP contribution in [0.5, 0.6) is 0 Å². The maximum atomic E-state index is 12.6. The van der Waals surface area contributed by atoms with Gasteiger partial charge in [-0.15, -0.1) is 0 Å². The van der Waals surface area contributed by atoms with Crippen molar-refractivity contribution in [3.63, 3.8) is 0 Å². The average Bonchev–Trinajstić information content (AvgIpc) is 3.07. The quantitative estimate of drug-likeness (QED) is 0.474. The van der Waals surface area contributed by atoms with Crippen molar-refractivity contribution in [2.45, 2.75) is 51.9 Å². The Kier molecular flexibility index (Phi) is 5.95. The van der Waals surface area contributed by atoms with E-state index in [9.17, 15) is 9.59 Å². The number of carbonyl (C=O) groups is 1. The van der Waals surface area contributed by atoms with Gasteiger partial charge in [-0.3, -0.25) is 4.79 Å². The highest BCUT2D eigenvalue weighted by atomic mass is 16.4. The number of carbonyl (C=O) groups excluding carboxylic acids is 1. The first-order valence-electron chi connectivity index (χ1n) is 10.9. The maximum absolute atomic E-state index is 12.6. The molecule has 0 spiro atoms. The minimum Gasteiger partial charge on any atom is -0.461 e. The summed E-state index contributed by atoms with van der Waals surface area (Å²) in [7, 11) is 4.02. The van der Waals surface area contributed by atoms with E-state index in [4.69, 9.17) is 8.83 Å². The van der Waals surface area contributed by atoms with Crippen LogP contribution in [0.25, 0.3) is 21.9 Å². The van der Waals surface area contributed by atoms with E-state index in [1.807, 2.05) is 27.1 Å². The Morgan fingerprint density at radius 1 is 1.10 bits per heavy atom. The summed E-state index contributed by atoms with van der Waals surface area (Å²) in [4.78, 5) is 26.9. The fourth-order valence-corrected chi connectivity index (χ4v) is 4.38. The molecular formula is C24H30N2O4. The Hall–Kier alpha value is -2.60. The third-order valence-electron chi connectivity index (χ3n) is 6.07. The summed E-state index contributed by atoms with van der Waals surface area (Å²) < 4.78 is 11.6. The van der Waals surface area contributed by atoms with Gasteiger partial charge in [0.2, 0.25) is 5.91 Å². The molecular weight excluding hydrogens is 380 g/mol. The van der Waals surface area contributed by atoms with Gasteiger partial charge in [0.25, 0.3) is 0 Å². The van der Waals surface area contributed by atoms with Crippen LogP contribution in [0, 0.1) is 6.92 Å². The molecule has 4 rings (SSSR count). The van der Waals surface area contributed by atoms with E-state index in [0.717, 1.165) is 59.9 Å².